The Labute approximate surface area is 116 Å². The van der Waals surface area contributed by atoms with Gasteiger partial charge >= 0.3 is 0 Å². The molecular formula is C14H26N4O. The second kappa shape index (κ2) is 6.10. The summed E-state index contributed by atoms with van der Waals surface area (Å²) in [7, 11) is 4.12. The van der Waals surface area contributed by atoms with E-state index in [4.69, 9.17) is 10.5 Å². The molecule has 0 aliphatic rings. The third-order valence-electron chi connectivity index (χ3n) is 3.15. The Hall–Kier alpha value is -1.49. The van der Waals surface area contributed by atoms with Crippen LogP contribution in [0.15, 0.2) is 12.1 Å². The zero-order valence-corrected chi connectivity index (χ0v) is 12.8. The van der Waals surface area contributed by atoms with Crippen molar-refractivity contribution in [3.05, 3.63) is 12.1 Å². The van der Waals surface area contributed by atoms with Crippen LogP contribution in [0.5, 0.6) is 5.88 Å². The van der Waals surface area contributed by atoms with E-state index in [2.05, 4.69) is 43.1 Å². The summed E-state index contributed by atoms with van der Waals surface area (Å²) in [6, 6.07) is 3.68. The third kappa shape index (κ3) is 4.59. The molecule has 5 heteroatoms. The molecule has 0 aromatic carbocycles. The molecule has 0 saturated heterocycles. The van der Waals surface area contributed by atoms with Crippen LogP contribution in [-0.2, 0) is 0 Å². The van der Waals surface area contributed by atoms with Crippen LogP contribution < -0.4 is 15.8 Å². The van der Waals surface area contributed by atoms with Gasteiger partial charge in [0.05, 0.1) is 11.8 Å². The van der Waals surface area contributed by atoms with E-state index >= 15 is 0 Å². The van der Waals surface area contributed by atoms with Gasteiger partial charge in [-0.1, -0.05) is 0 Å². The summed E-state index contributed by atoms with van der Waals surface area (Å²) in [5.41, 5.74) is 6.45. The predicted molar refractivity (Wildman–Crippen MR) is 80.7 cm³/mol. The fraction of sp³-hybridized carbons (Fsp3) is 0.643. The van der Waals surface area contributed by atoms with Crippen molar-refractivity contribution < 1.29 is 4.74 Å². The Morgan fingerprint density at radius 1 is 1.37 bits per heavy atom. The minimum absolute atomic E-state index is 0.0438. The number of anilines is 2. The average molecular weight is 266 g/mol. The number of nitrogens with two attached hydrogens (primary N) is 1. The van der Waals surface area contributed by atoms with E-state index in [1.165, 1.54) is 0 Å². The molecule has 19 heavy (non-hydrogen) atoms. The molecule has 1 rings (SSSR count). The van der Waals surface area contributed by atoms with Crippen LogP contribution in [0, 0.1) is 0 Å². The number of ether oxygens (including phenoxy) is 1. The molecule has 0 aliphatic heterocycles. The van der Waals surface area contributed by atoms with Gasteiger partial charge in [-0.05, 0) is 53.9 Å². The number of nitrogens with zero attached hydrogens (tertiary/aromatic N) is 2. The number of hydrogen-bond acceptors (Lipinski definition) is 5. The van der Waals surface area contributed by atoms with Gasteiger partial charge in [0.2, 0.25) is 5.88 Å². The fourth-order valence-corrected chi connectivity index (χ4v) is 1.33. The van der Waals surface area contributed by atoms with Crippen molar-refractivity contribution in [1.82, 2.24) is 9.88 Å². The van der Waals surface area contributed by atoms with E-state index in [9.17, 15) is 0 Å². The number of pyridine rings is 1. The maximum atomic E-state index is 5.84. The van der Waals surface area contributed by atoms with E-state index in [1.807, 2.05) is 26.0 Å². The fourth-order valence-electron chi connectivity index (χ4n) is 1.33. The van der Waals surface area contributed by atoms with Crippen LogP contribution in [0.3, 0.4) is 0 Å². The molecule has 0 atom stereocenters. The maximum Gasteiger partial charge on any atom is 0.239 e. The number of hydrogen-bond donors (Lipinski definition) is 2. The Balaban J connectivity index is 2.75. The second-order valence-electron chi connectivity index (χ2n) is 5.82. The molecule has 5 nitrogen and oxygen atoms in total. The summed E-state index contributed by atoms with van der Waals surface area (Å²) in [5.74, 6) is 1.27. The van der Waals surface area contributed by atoms with Crippen LogP contribution in [-0.4, -0.2) is 42.2 Å². The van der Waals surface area contributed by atoms with Gasteiger partial charge in [-0.15, -0.1) is 0 Å². The molecule has 3 N–H and O–H groups in total. The lowest BCUT2D eigenvalue weighted by Gasteiger charge is -2.32. The Morgan fingerprint density at radius 3 is 2.53 bits per heavy atom. The molecule has 0 aliphatic carbocycles. The average Bonchev–Trinajstić information content (AvgIpc) is 2.29. The topological polar surface area (TPSA) is 63.4 Å². The molecule has 0 bridgehead atoms. The SMILES string of the molecule is CC(C)Oc1nc(NCC(C)(C)N(C)C)ccc1N. The van der Waals surface area contributed by atoms with Gasteiger partial charge in [-0.25, -0.2) is 0 Å². The molecule has 0 fully saturated rings. The van der Waals surface area contributed by atoms with Gasteiger partial charge in [0.25, 0.3) is 0 Å². The molecule has 0 radical (unpaired) electrons. The van der Waals surface area contributed by atoms with Gasteiger partial charge < -0.3 is 20.7 Å². The Bertz CT molecular complexity index is 416. The molecule has 1 heterocycles. The Kier molecular flexibility index (Phi) is 5.00. The zero-order chi connectivity index (χ0) is 14.6. The van der Waals surface area contributed by atoms with Crippen LogP contribution in [0.4, 0.5) is 11.5 Å². The van der Waals surface area contributed by atoms with Crippen LogP contribution >= 0.6 is 0 Å². The van der Waals surface area contributed by atoms with Crippen molar-refractivity contribution in [3.63, 3.8) is 0 Å². The van der Waals surface area contributed by atoms with E-state index < -0.39 is 0 Å². The normalized spacial score (nSPS) is 12.0. The molecular weight excluding hydrogens is 240 g/mol. The lowest BCUT2D eigenvalue weighted by atomic mass is 10.0. The Morgan fingerprint density at radius 2 is 2.00 bits per heavy atom. The van der Waals surface area contributed by atoms with Gasteiger partial charge in [-0.3, -0.25) is 0 Å². The van der Waals surface area contributed by atoms with Crippen molar-refractivity contribution in [2.24, 2.45) is 0 Å². The number of rotatable bonds is 6. The van der Waals surface area contributed by atoms with Crippen molar-refractivity contribution in [2.45, 2.75) is 39.3 Å². The lowest BCUT2D eigenvalue weighted by molar-refractivity contribution is 0.209. The van der Waals surface area contributed by atoms with E-state index in [1.54, 1.807) is 0 Å². The lowest BCUT2D eigenvalue weighted by Crippen LogP contribution is -2.44. The molecule has 0 saturated carbocycles. The highest BCUT2D eigenvalue weighted by molar-refractivity contribution is 5.53. The first kappa shape index (κ1) is 15.6. The highest BCUT2D eigenvalue weighted by Crippen LogP contribution is 2.22. The largest absolute Gasteiger partial charge is 0.473 e. The highest BCUT2D eigenvalue weighted by atomic mass is 16.5. The molecule has 1 aromatic rings. The summed E-state index contributed by atoms with van der Waals surface area (Å²) >= 11 is 0. The van der Waals surface area contributed by atoms with Gasteiger partial charge in [0.1, 0.15) is 5.82 Å². The number of nitrogen functional groups attached to an aromatic ring is 1. The summed E-state index contributed by atoms with van der Waals surface area (Å²) in [6.07, 6.45) is 0.0586. The number of likely N-dealkylation sites (N-methyl/N-ethyl adjacent to an activating group) is 1. The van der Waals surface area contributed by atoms with E-state index in [-0.39, 0.29) is 11.6 Å². The van der Waals surface area contributed by atoms with Crippen molar-refractivity contribution in [2.75, 3.05) is 31.7 Å². The summed E-state index contributed by atoms with van der Waals surface area (Å²) < 4.78 is 5.58. The quantitative estimate of drug-likeness (QED) is 0.826. The monoisotopic (exact) mass is 266 g/mol. The van der Waals surface area contributed by atoms with Crippen LogP contribution in [0.2, 0.25) is 0 Å². The number of aromatic nitrogens is 1. The maximum absolute atomic E-state index is 5.84. The van der Waals surface area contributed by atoms with E-state index in [0.29, 0.717) is 11.6 Å². The first-order valence-electron chi connectivity index (χ1n) is 6.57. The van der Waals surface area contributed by atoms with Gasteiger partial charge in [0, 0.05) is 12.1 Å². The van der Waals surface area contributed by atoms with Crippen LogP contribution in [0.1, 0.15) is 27.7 Å². The number of nitrogens with one attached hydrogen (secondary N) is 1. The van der Waals surface area contributed by atoms with Crippen molar-refractivity contribution in [1.29, 1.82) is 0 Å². The predicted octanol–water partition coefficient (Wildman–Crippen LogP) is 2.20. The first-order chi connectivity index (χ1) is 8.72. The zero-order valence-electron chi connectivity index (χ0n) is 12.8. The molecule has 108 valence electrons. The van der Waals surface area contributed by atoms with Gasteiger partial charge in [-0.2, -0.15) is 4.98 Å². The molecule has 0 amide bonds. The summed E-state index contributed by atoms with van der Waals surface area (Å²) in [6.45, 7) is 9.04. The minimum atomic E-state index is 0.0438. The smallest absolute Gasteiger partial charge is 0.239 e. The third-order valence-corrected chi connectivity index (χ3v) is 3.15. The second-order valence-corrected chi connectivity index (χ2v) is 5.82. The highest BCUT2D eigenvalue weighted by Gasteiger charge is 2.20. The molecule has 0 unspecified atom stereocenters. The first-order valence-corrected chi connectivity index (χ1v) is 6.57. The van der Waals surface area contributed by atoms with Crippen LogP contribution in [0.25, 0.3) is 0 Å². The van der Waals surface area contributed by atoms with E-state index in [0.717, 1.165) is 12.4 Å². The van der Waals surface area contributed by atoms with Crippen molar-refractivity contribution in [3.8, 4) is 5.88 Å². The standard InChI is InChI=1S/C14H26N4O/c1-10(2)19-13-11(15)7-8-12(17-13)16-9-14(3,4)18(5)6/h7-8,10H,9,15H2,1-6H3,(H,16,17). The van der Waals surface area contributed by atoms with Gasteiger partial charge in [0.15, 0.2) is 0 Å². The summed E-state index contributed by atoms with van der Waals surface area (Å²) in [5, 5.41) is 3.32. The van der Waals surface area contributed by atoms with Crippen molar-refractivity contribution >= 4 is 11.5 Å². The summed E-state index contributed by atoms with van der Waals surface area (Å²) in [4.78, 5) is 6.57. The molecule has 0 spiro atoms. The minimum Gasteiger partial charge on any atom is -0.473 e. The molecule has 1 aromatic heterocycles.